The maximum absolute atomic E-state index is 14.5. The number of imidazole rings is 1. The number of likely N-dealkylation sites (tertiary alicyclic amines) is 1. The van der Waals surface area contributed by atoms with E-state index in [0.29, 0.717) is 68.6 Å². The average molecular weight is 546 g/mol. The maximum Gasteiger partial charge on any atom is 0.295 e. The molecule has 212 valence electrons. The van der Waals surface area contributed by atoms with E-state index in [1.54, 1.807) is 10.6 Å². The molecule has 1 aliphatic carbocycles. The molecule has 39 heavy (non-hydrogen) atoms. The lowest BCUT2D eigenvalue weighted by Crippen LogP contribution is -2.48. The van der Waals surface area contributed by atoms with Crippen molar-refractivity contribution in [2.75, 3.05) is 45.9 Å². The lowest BCUT2D eigenvalue weighted by Gasteiger charge is -2.40. The van der Waals surface area contributed by atoms with Crippen molar-refractivity contribution in [3.8, 4) is 0 Å². The molecule has 6 rings (SSSR count). The number of hydrogen-bond acceptors (Lipinski definition) is 5. The van der Waals surface area contributed by atoms with Gasteiger partial charge in [0.15, 0.2) is 5.82 Å². The first-order valence-electron chi connectivity index (χ1n) is 14.4. The van der Waals surface area contributed by atoms with Gasteiger partial charge in [-0.3, -0.25) is 9.89 Å². The number of aliphatic imine (C=N–C) groups is 2. The number of ether oxygens (including phenoxy) is 1. The number of rotatable bonds is 5. The Hall–Kier alpha value is -2.66. The molecule has 0 amide bonds. The first-order chi connectivity index (χ1) is 19.1. The zero-order valence-corrected chi connectivity index (χ0v) is 22.3. The highest BCUT2D eigenvalue weighted by Gasteiger charge is 2.34. The zero-order valence-electron chi connectivity index (χ0n) is 22.3. The Kier molecular flexibility index (Phi) is 8.06. The fraction of sp³-hybridized carbons (Fsp3) is 0.679. The van der Waals surface area contributed by atoms with Crippen molar-refractivity contribution in [1.82, 2.24) is 24.7 Å². The Balaban J connectivity index is 1.20. The molecule has 2 aromatic rings. The summed E-state index contributed by atoms with van der Waals surface area (Å²) in [5.74, 6) is 1.45. The lowest BCUT2D eigenvalue weighted by atomic mass is 9.89. The van der Waals surface area contributed by atoms with Crippen LogP contribution in [0.4, 0.5) is 13.2 Å². The van der Waals surface area contributed by atoms with E-state index in [9.17, 15) is 13.2 Å². The van der Waals surface area contributed by atoms with Crippen LogP contribution in [0.5, 0.6) is 0 Å². The largest absolute Gasteiger partial charge is 0.378 e. The first kappa shape index (κ1) is 26.6. The number of nitrogens with one attached hydrogen (secondary N) is 1. The number of benzene rings is 1. The fourth-order valence-electron chi connectivity index (χ4n) is 6.54. The second kappa shape index (κ2) is 11.8. The Morgan fingerprint density at radius 3 is 2.56 bits per heavy atom. The number of aromatic nitrogens is 2. The van der Waals surface area contributed by atoms with Crippen molar-refractivity contribution in [2.24, 2.45) is 15.9 Å². The van der Waals surface area contributed by atoms with E-state index in [-0.39, 0.29) is 11.9 Å². The van der Waals surface area contributed by atoms with Gasteiger partial charge in [0, 0.05) is 32.1 Å². The van der Waals surface area contributed by atoms with E-state index in [2.05, 4.69) is 20.1 Å². The van der Waals surface area contributed by atoms with Crippen LogP contribution in [-0.4, -0.2) is 89.3 Å². The topological polar surface area (TPSA) is 70.3 Å². The molecule has 1 saturated carbocycles. The van der Waals surface area contributed by atoms with Gasteiger partial charge in [-0.2, -0.15) is 0 Å². The number of nitrogens with zero attached hydrogens (tertiary/aromatic N) is 6. The third-order valence-corrected chi connectivity index (χ3v) is 8.68. The van der Waals surface area contributed by atoms with Gasteiger partial charge in [0.25, 0.3) is 6.43 Å². The van der Waals surface area contributed by atoms with Gasteiger partial charge in [-0.15, -0.1) is 0 Å². The van der Waals surface area contributed by atoms with E-state index in [4.69, 9.17) is 14.7 Å². The van der Waals surface area contributed by atoms with Gasteiger partial charge in [0.1, 0.15) is 18.2 Å². The monoisotopic (exact) mass is 545 g/mol. The number of amidine groups is 1. The summed E-state index contributed by atoms with van der Waals surface area (Å²) in [6, 6.07) is 7.31. The predicted molar refractivity (Wildman–Crippen MR) is 145 cm³/mol. The summed E-state index contributed by atoms with van der Waals surface area (Å²) in [6.07, 6.45) is 2.28. The molecule has 1 aromatic heterocycles. The molecule has 8 nitrogen and oxygen atoms in total. The number of para-hydroxylation sites is 2. The Labute approximate surface area is 227 Å². The number of hydrogen-bond donors (Lipinski definition) is 1. The Bertz CT molecular complexity index is 1190. The van der Waals surface area contributed by atoms with Crippen LogP contribution in [0.1, 0.15) is 63.4 Å². The van der Waals surface area contributed by atoms with E-state index in [1.807, 2.05) is 18.2 Å². The highest BCUT2D eigenvalue weighted by atomic mass is 19.3. The van der Waals surface area contributed by atoms with Crippen molar-refractivity contribution >= 4 is 22.8 Å². The summed E-state index contributed by atoms with van der Waals surface area (Å²) in [6.45, 7) is 5.05. The highest BCUT2D eigenvalue weighted by molar-refractivity contribution is 5.98. The second-order valence-corrected chi connectivity index (χ2v) is 11.1. The molecule has 1 N–H and O–H groups in total. The lowest BCUT2D eigenvalue weighted by molar-refractivity contribution is 0.0501. The van der Waals surface area contributed by atoms with E-state index in [1.165, 1.54) is 0 Å². The standard InChI is InChI=1S/C28H38F3N7O/c29-20-5-1-3-7-22(20)36-11-9-19(10-12-36)18-32-28-34-24(37-13-15-39-16-14-37)17-25(35-28)38-23-8-4-2-6-21(23)33-27(38)26(30)31/h2,4,6,8,19-20,22,25-26H,1,3,5,7,9-18H2,(H,32,35). The van der Waals surface area contributed by atoms with Crippen LogP contribution < -0.4 is 5.32 Å². The third kappa shape index (κ3) is 5.79. The number of halogens is 3. The maximum atomic E-state index is 14.5. The molecule has 11 heteroatoms. The summed E-state index contributed by atoms with van der Waals surface area (Å²) in [5, 5.41) is 3.35. The summed E-state index contributed by atoms with van der Waals surface area (Å²) in [7, 11) is 0. The van der Waals surface area contributed by atoms with Crippen LogP contribution in [0.2, 0.25) is 0 Å². The van der Waals surface area contributed by atoms with Crippen LogP contribution in [-0.2, 0) is 4.74 Å². The van der Waals surface area contributed by atoms with Crippen molar-refractivity contribution < 1.29 is 17.9 Å². The van der Waals surface area contributed by atoms with Crippen molar-refractivity contribution in [1.29, 1.82) is 0 Å². The molecular formula is C28H38F3N7O. The second-order valence-electron chi connectivity index (χ2n) is 11.1. The number of guanidine groups is 1. The van der Waals surface area contributed by atoms with Gasteiger partial charge in [0.2, 0.25) is 5.96 Å². The van der Waals surface area contributed by atoms with Gasteiger partial charge < -0.3 is 19.5 Å². The smallest absolute Gasteiger partial charge is 0.295 e. The van der Waals surface area contributed by atoms with Gasteiger partial charge in [-0.1, -0.05) is 25.0 Å². The SMILES string of the molecule is FC(F)c1nc2ccccc2n1C1CC(N2CCOCC2)=NC(=NCC2CCN(C3CCCCC3F)CC2)N1. The van der Waals surface area contributed by atoms with E-state index < -0.39 is 18.8 Å². The molecule has 0 spiro atoms. The molecule has 1 aromatic carbocycles. The van der Waals surface area contributed by atoms with Crippen LogP contribution in [0.15, 0.2) is 34.3 Å². The van der Waals surface area contributed by atoms with Crippen LogP contribution >= 0.6 is 0 Å². The zero-order chi connectivity index (χ0) is 26.8. The normalized spacial score (nSPS) is 28.7. The predicted octanol–water partition coefficient (Wildman–Crippen LogP) is 4.55. The van der Waals surface area contributed by atoms with Gasteiger partial charge in [0.05, 0.1) is 24.2 Å². The summed E-state index contributed by atoms with van der Waals surface area (Å²) < 4.78 is 49.9. The molecular weight excluding hydrogens is 507 g/mol. The molecule has 4 heterocycles. The molecule has 4 aliphatic rings. The van der Waals surface area contributed by atoms with E-state index in [0.717, 1.165) is 51.0 Å². The minimum atomic E-state index is -2.71. The number of fused-ring (bicyclic) bond motifs is 1. The third-order valence-electron chi connectivity index (χ3n) is 8.68. The molecule has 0 bridgehead atoms. The molecule has 3 unspecified atom stereocenters. The molecule has 2 saturated heterocycles. The number of morpholine rings is 1. The first-order valence-corrected chi connectivity index (χ1v) is 14.4. The van der Waals surface area contributed by atoms with Crippen LogP contribution in [0.3, 0.4) is 0 Å². The molecule has 3 aliphatic heterocycles. The van der Waals surface area contributed by atoms with E-state index >= 15 is 0 Å². The average Bonchev–Trinajstić information content (AvgIpc) is 3.37. The minimum absolute atomic E-state index is 0.0708. The van der Waals surface area contributed by atoms with Crippen LogP contribution in [0, 0.1) is 5.92 Å². The fourth-order valence-corrected chi connectivity index (χ4v) is 6.54. The number of piperidine rings is 1. The summed E-state index contributed by atoms with van der Waals surface area (Å²) in [4.78, 5) is 18.5. The van der Waals surface area contributed by atoms with Crippen molar-refractivity contribution in [3.63, 3.8) is 0 Å². The van der Waals surface area contributed by atoms with Crippen molar-refractivity contribution in [3.05, 3.63) is 30.1 Å². The highest BCUT2D eigenvalue weighted by Crippen LogP contribution is 2.31. The Morgan fingerprint density at radius 2 is 1.79 bits per heavy atom. The number of alkyl halides is 3. The minimum Gasteiger partial charge on any atom is -0.378 e. The summed E-state index contributed by atoms with van der Waals surface area (Å²) >= 11 is 0. The van der Waals surface area contributed by atoms with Gasteiger partial charge >= 0.3 is 0 Å². The quantitative estimate of drug-likeness (QED) is 0.597. The van der Waals surface area contributed by atoms with Crippen molar-refractivity contribution in [2.45, 2.75) is 69.8 Å². The summed E-state index contributed by atoms with van der Waals surface area (Å²) in [5.41, 5.74) is 1.21. The van der Waals surface area contributed by atoms with Gasteiger partial charge in [-0.25, -0.2) is 23.1 Å². The molecule has 3 fully saturated rings. The van der Waals surface area contributed by atoms with Gasteiger partial charge in [-0.05, 0) is 56.8 Å². The molecule has 3 atom stereocenters. The molecule has 0 radical (unpaired) electrons. The Morgan fingerprint density at radius 1 is 1.03 bits per heavy atom. The van der Waals surface area contributed by atoms with Crippen LogP contribution in [0.25, 0.3) is 11.0 Å².